The number of carbonyl (C=O) groups is 1. The first-order chi connectivity index (χ1) is 9.49. The predicted molar refractivity (Wildman–Crippen MR) is 81.6 cm³/mol. The number of ether oxygens (including phenoxy) is 1. The van der Waals surface area contributed by atoms with Gasteiger partial charge in [0.25, 0.3) is 0 Å². The number of hydrogen-bond acceptors (Lipinski definition) is 2. The van der Waals surface area contributed by atoms with Crippen molar-refractivity contribution in [2.45, 2.75) is 58.8 Å². The van der Waals surface area contributed by atoms with Gasteiger partial charge in [-0.25, -0.2) is 0 Å². The molecule has 0 aliphatic rings. The normalized spacial score (nSPS) is 12.4. The lowest BCUT2D eigenvalue weighted by atomic mass is 9.88. The maximum absolute atomic E-state index is 11.0. The van der Waals surface area contributed by atoms with Crippen LogP contribution in [0.15, 0.2) is 18.2 Å². The Kier molecular flexibility index (Phi) is 6.56. The van der Waals surface area contributed by atoms with Crippen LogP contribution >= 0.6 is 0 Å². The molecule has 1 atom stereocenters. The second kappa shape index (κ2) is 7.93. The Morgan fingerprint density at radius 2 is 2.00 bits per heavy atom. The molecule has 0 amide bonds. The van der Waals surface area contributed by atoms with Crippen LogP contribution in [0.2, 0.25) is 0 Å². The van der Waals surface area contributed by atoms with Crippen molar-refractivity contribution in [3.63, 3.8) is 0 Å². The minimum Gasteiger partial charge on any atom is -0.494 e. The second-order valence-electron chi connectivity index (χ2n) is 5.47. The lowest BCUT2D eigenvalue weighted by molar-refractivity contribution is -0.137. The summed E-state index contributed by atoms with van der Waals surface area (Å²) >= 11 is 0. The molecule has 3 heteroatoms. The zero-order chi connectivity index (χ0) is 15.1. The maximum Gasteiger partial charge on any atom is 0.303 e. The minimum absolute atomic E-state index is 0.0886. The SMILES string of the molecule is CCCC(CC(=O)O)c1ccc(OCC)c(C(C)C)c1. The first-order valence-electron chi connectivity index (χ1n) is 7.47. The Labute approximate surface area is 122 Å². The molecule has 0 aromatic heterocycles. The molecule has 112 valence electrons. The molecule has 1 aromatic carbocycles. The summed E-state index contributed by atoms with van der Waals surface area (Å²) in [5, 5.41) is 9.06. The molecule has 3 nitrogen and oxygen atoms in total. The van der Waals surface area contributed by atoms with Crippen LogP contribution in [0.5, 0.6) is 5.75 Å². The van der Waals surface area contributed by atoms with Gasteiger partial charge >= 0.3 is 5.97 Å². The van der Waals surface area contributed by atoms with Crippen molar-refractivity contribution in [2.75, 3.05) is 6.61 Å². The van der Waals surface area contributed by atoms with Crippen LogP contribution in [0.3, 0.4) is 0 Å². The van der Waals surface area contributed by atoms with Gasteiger partial charge in [-0.3, -0.25) is 4.79 Å². The van der Waals surface area contributed by atoms with Gasteiger partial charge in [0.2, 0.25) is 0 Å². The lowest BCUT2D eigenvalue weighted by Crippen LogP contribution is -2.08. The molecule has 20 heavy (non-hydrogen) atoms. The van der Waals surface area contributed by atoms with Crippen LogP contribution in [0.4, 0.5) is 0 Å². The Morgan fingerprint density at radius 1 is 1.30 bits per heavy atom. The third-order valence-electron chi connectivity index (χ3n) is 3.49. The molecule has 0 saturated heterocycles. The average Bonchev–Trinajstić information content (AvgIpc) is 2.38. The van der Waals surface area contributed by atoms with Gasteiger partial charge in [-0.2, -0.15) is 0 Å². The molecule has 1 unspecified atom stereocenters. The number of hydrogen-bond donors (Lipinski definition) is 1. The summed E-state index contributed by atoms with van der Waals surface area (Å²) in [6.07, 6.45) is 2.08. The second-order valence-corrected chi connectivity index (χ2v) is 5.47. The fraction of sp³-hybridized carbons (Fsp3) is 0.588. The first kappa shape index (κ1) is 16.5. The summed E-state index contributed by atoms with van der Waals surface area (Å²) in [5.74, 6) is 0.634. The quantitative estimate of drug-likeness (QED) is 0.757. The van der Waals surface area contributed by atoms with Gasteiger partial charge in [-0.1, -0.05) is 39.3 Å². The van der Waals surface area contributed by atoms with E-state index >= 15 is 0 Å². The lowest BCUT2D eigenvalue weighted by Gasteiger charge is -2.19. The van der Waals surface area contributed by atoms with Crippen LogP contribution in [-0.2, 0) is 4.79 Å². The highest BCUT2D eigenvalue weighted by Crippen LogP contribution is 2.33. The van der Waals surface area contributed by atoms with Gasteiger partial charge in [0.15, 0.2) is 0 Å². The Hall–Kier alpha value is -1.51. The number of rotatable bonds is 8. The summed E-state index contributed by atoms with van der Waals surface area (Å²) in [4.78, 5) is 11.0. The Morgan fingerprint density at radius 3 is 2.50 bits per heavy atom. The number of aliphatic carboxylic acids is 1. The van der Waals surface area contributed by atoms with E-state index in [1.54, 1.807) is 0 Å². The van der Waals surface area contributed by atoms with Crippen LogP contribution in [-0.4, -0.2) is 17.7 Å². The predicted octanol–water partition coefficient (Wildman–Crippen LogP) is 4.57. The highest BCUT2D eigenvalue weighted by atomic mass is 16.5. The molecule has 1 aromatic rings. The van der Waals surface area contributed by atoms with E-state index in [1.807, 2.05) is 19.1 Å². The third-order valence-corrected chi connectivity index (χ3v) is 3.49. The molecule has 0 bridgehead atoms. The zero-order valence-electron chi connectivity index (χ0n) is 13.0. The van der Waals surface area contributed by atoms with Crippen molar-refractivity contribution in [3.05, 3.63) is 29.3 Å². The smallest absolute Gasteiger partial charge is 0.303 e. The van der Waals surface area contributed by atoms with Gasteiger partial charge in [0.1, 0.15) is 5.75 Å². The highest BCUT2D eigenvalue weighted by Gasteiger charge is 2.17. The molecule has 0 fully saturated rings. The number of carboxylic acids is 1. The van der Waals surface area contributed by atoms with Crippen molar-refractivity contribution in [2.24, 2.45) is 0 Å². The van der Waals surface area contributed by atoms with Crippen LogP contribution < -0.4 is 4.74 Å². The monoisotopic (exact) mass is 278 g/mol. The zero-order valence-corrected chi connectivity index (χ0v) is 13.0. The fourth-order valence-corrected chi connectivity index (χ4v) is 2.50. The van der Waals surface area contributed by atoms with Crippen LogP contribution in [0, 0.1) is 0 Å². The van der Waals surface area contributed by atoms with Gasteiger partial charge in [0.05, 0.1) is 13.0 Å². The first-order valence-corrected chi connectivity index (χ1v) is 7.47. The van der Waals surface area contributed by atoms with Gasteiger partial charge in [0, 0.05) is 0 Å². The van der Waals surface area contributed by atoms with E-state index in [1.165, 1.54) is 0 Å². The van der Waals surface area contributed by atoms with Crippen molar-refractivity contribution in [3.8, 4) is 5.75 Å². The van der Waals surface area contributed by atoms with Crippen molar-refractivity contribution >= 4 is 5.97 Å². The largest absolute Gasteiger partial charge is 0.494 e. The van der Waals surface area contributed by atoms with E-state index in [0.717, 1.165) is 29.7 Å². The molecule has 0 heterocycles. The average molecular weight is 278 g/mol. The molecule has 0 radical (unpaired) electrons. The minimum atomic E-state index is -0.733. The van der Waals surface area contributed by atoms with Gasteiger partial charge in [-0.15, -0.1) is 0 Å². The van der Waals surface area contributed by atoms with E-state index in [2.05, 4.69) is 26.8 Å². The van der Waals surface area contributed by atoms with E-state index in [-0.39, 0.29) is 12.3 Å². The third kappa shape index (κ3) is 4.55. The molecule has 0 aliphatic heterocycles. The van der Waals surface area contributed by atoms with E-state index in [9.17, 15) is 4.79 Å². The molecule has 1 rings (SSSR count). The summed E-state index contributed by atoms with van der Waals surface area (Å²) in [6, 6.07) is 6.12. The summed E-state index contributed by atoms with van der Waals surface area (Å²) in [5.41, 5.74) is 2.28. The highest BCUT2D eigenvalue weighted by molar-refractivity contribution is 5.68. The fourth-order valence-electron chi connectivity index (χ4n) is 2.50. The molecule has 1 N–H and O–H groups in total. The number of benzene rings is 1. The van der Waals surface area contributed by atoms with E-state index in [0.29, 0.717) is 12.5 Å². The summed E-state index contributed by atoms with van der Waals surface area (Å²) in [7, 11) is 0. The van der Waals surface area contributed by atoms with E-state index < -0.39 is 5.97 Å². The molecule has 0 spiro atoms. The molecule has 0 saturated carbocycles. The van der Waals surface area contributed by atoms with Crippen LogP contribution in [0.1, 0.15) is 69.9 Å². The summed E-state index contributed by atoms with van der Waals surface area (Å²) in [6.45, 7) is 8.98. The van der Waals surface area contributed by atoms with Gasteiger partial charge in [-0.05, 0) is 42.4 Å². The topological polar surface area (TPSA) is 46.5 Å². The Balaban J connectivity index is 3.09. The molecular formula is C17H26O3. The van der Waals surface area contributed by atoms with Crippen LogP contribution in [0.25, 0.3) is 0 Å². The van der Waals surface area contributed by atoms with Crippen molar-refractivity contribution in [1.29, 1.82) is 0 Å². The maximum atomic E-state index is 11.0. The number of carboxylic acid groups (broad SMARTS) is 1. The molecule has 0 aliphatic carbocycles. The van der Waals surface area contributed by atoms with Crippen molar-refractivity contribution < 1.29 is 14.6 Å². The molecular weight excluding hydrogens is 252 g/mol. The summed E-state index contributed by atoms with van der Waals surface area (Å²) < 4.78 is 5.66. The Bertz CT molecular complexity index is 438. The standard InChI is InChI=1S/C17H26O3/c1-5-7-13(11-17(18)19)14-8-9-16(20-6-2)15(10-14)12(3)4/h8-10,12-13H,5-7,11H2,1-4H3,(H,18,19). The van der Waals surface area contributed by atoms with Crippen molar-refractivity contribution in [1.82, 2.24) is 0 Å². The van der Waals surface area contributed by atoms with E-state index in [4.69, 9.17) is 9.84 Å². The van der Waals surface area contributed by atoms with Gasteiger partial charge < -0.3 is 9.84 Å².